The first kappa shape index (κ1) is 86.0. The summed E-state index contributed by atoms with van der Waals surface area (Å²) in [6.45, 7) is 1.86. The molecule has 93 heavy (non-hydrogen) atoms. The van der Waals surface area contributed by atoms with Gasteiger partial charge in [0.05, 0.1) is 38.6 Å². The molecule has 3 aliphatic rings. The smallest absolute Gasteiger partial charge is 0.220 e. The highest BCUT2D eigenvalue weighted by Gasteiger charge is 2.54. The zero-order chi connectivity index (χ0) is 67.5. The van der Waals surface area contributed by atoms with Gasteiger partial charge in [-0.1, -0.05) is 316 Å². The standard InChI is InChI=1S/C74H143NO18/c1-3-5-7-9-11-13-15-17-19-21-23-24-25-26-27-28-29-30-31-32-34-36-38-40-42-44-46-48-50-52-62(80)75-57(58(79)51-49-47-45-43-41-39-37-35-33-22-20-18-16-14-12-10-8-6-4-2)56-88-72-68(86)65(83)70(60(54-77)90-72)93-74-69(87)66(84)71(61(55-78)91-74)92-73-67(85)64(82)63(81)59(53-76)89-73/h57-61,63-74,76-79,81-87H,3-56H2,1-2H3,(H,75,80). The van der Waals surface area contributed by atoms with Crippen molar-refractivity contribution in [3.8, 4) is 0 Å². The average Bonchev–Trinajstić information content (AvgIpc) is 1.00. The zero-order valence-electron chi connectivity index (χ0n) is 58.8. The number of rotatable bonds is 62. The maximum Gasteiger partial charge on any atom is 0.220 e. The van der Waals surface area contributed by atoms with Crippen molar-refractivity contribution in [1.29, 1.82) is 0 Å². The molecule has 0 saturated carbocycles. The lowest BCUT2D eigenvalue weighted by Crippen LogP contribution is -2.66. The lowest BCUT2D eigenvalue weighted by molar-refractivity contribution is -0.379. The van der Waals surface area contributed by atoms with Crippen molar-refractivity contribution in [3.05, 3.63) is 0 Å². The van der Waals surface area contributed by atoms with Crippen LogP contribution in [0.25, 0.3) is 0 Å². The van der Waals surface area contributed by atoms with Crippen LogP contribution in [0.5, 0.6) is 0 Å². The Morgan fingerprint density at radius 1 is 0.344 bits per heavy atom. The summed E-state index contributed by atoms with van der Waals surface area (Å²) in [7, 11) is 0. The number of amides is 1. The second-order valence-corrected chi connectivity index (χ2v) is 28.2. The van der Waals surface area contributed by atoms with E-state index in [1.54, 1.807) is 0 Å². The molecule has 1 amide bonds. The number of ether oxygens (including phenoxy) is 6. The van der Waals surface area contributed by atoms with Crippen LogP contribution in [-0.2, 0) is 33.2 Å². The number of aliphatic hydroxyl groups is 11. The van der Waals surface area contributed by atoms with Gasteiger partial charge in [-0.15, -0.1) is 0 Å². The number of carbonyl (C=O) groups excluding carboxylic acids is 1. The van der Waals surface area contributed by atoms with Crippen LogP contribution >= 0.6 is 0 Å². The molecule has 552 valence electrons. The van der Waals surface area contributed by atoms with Crippen LogP contribution in [0.2, 0.25) is 0 Å². The summed E-state index contributed by atoms with van der Waals surface area (Å²) in [5.41, 5.74) is 0. The van der Waals surface area contributed by atoms with Gasteiger partial charge in [0, 0.05) is 6.42 Å². The first-order chi connectivity index (χ1) is 45.3. The van der Waals surface area contributed by atoms with Crippen LogP contribution in [-0.4, -0.2) is 193 Å². The van der Waals surface area contributed by atoms with Gasteiger partial charge in [0.2, 0.25) is 5.91 Å². The molecule has 19 heteroatoms. The number of nitrogens with one attached hydrogen (secondary N) is 1. The number of unbranched alkanes of at least 4 members (excludes halogenated alkanes) is 46. The van der Waals surface area contributed by atoms with Gasteiger partial charge in [-0.05, 0) is 12.8 Å². The van der Waals surface area contributed by atoms with Gasteiger partial charge in [-0.2, -0.15) is 0 Å². The van der Waals surface area contributed by atoms with E-state index in [4.69, 9.17) is 28.4 Å². The van der Waals surface area contributed by atoms with Crippen LogP contribution in [0, 0.1) is 0 Å². The monoisotopic (exact) mass is 1330 g/mol. The zero-order valence-corrected chi connectivity index (χ0v) is 58.8. The quantitative estimate of drug-likeness (QED) is 0.0252. The molecule has 0 aromatic rings. The molecule has 0 spiro atoms. The predicted octanol–water partition coefficient (Wildman–Crippen LogP) is 11.8. The molecule has 3 saturated heterocycles. The van der Waals surface area contributed by atoms with Gasteiger partial charge < -0.3 is 89.9 Å². The fourth-order valence-corrected chi connectivity index (χ4v) is 13.7. The Morgan fingerprint density at radius 3 is 0.935 bits per heavy atom. The third-order valence-electron chi connectivity index (χ3n) is 19.9. The molecule has 0 aromatic heterocycles. The highest BCUT2D eigenvalue weighted by Crippen LogP contribution is 2.33. The van der Waals surface area contributed by atoms with Crippen molar-refractivity contribution in [2.45, 2.75) is 439 Å². The van der Waals surface area contributed by atoms with Crippen molar-refractivity contribution in [3.63, 3.8) is 0 Å². The van der Waals surface area contributed by atoms with Crippen molar-refractivity contribution in [2.75, 3.05) is 26.4 Å². The SMILES string of the molecule is CCCCCCCCCCCCCCCCCCCCCCCCCCCCCCCC(=O)NC(COC1OC(CO)C(OC2OC(CO)C(OC3OC(CO)C(O)C(O)C3O)C(O)C2O)C(O)C1O)C(O)CCCCCCCCCCCCCCCCCCCCC. The summed E-state index contributed by atoms with van der Waals surface area (Å²) in [5, 5.41) is 121. The van der Waals surface area contributed by atoms with E-state index < -0.39 is 124 Å². The average molecular weight is 1330 g/mol. The molecular weight excluding hydrogens is 1190 g/mol. The molecular formula is C74H143NO18. The molecule has 0 radical (unpaired) electrons. The molecule has 0 bridgehead atoms. The Bertz CT molecular complexity index is 1690. The molecule has 3 rings (SSSR count). The van der Waals surface area contributed by atoms with Crippen molar-refractivity contribution in [1.82, 2.24) is 5.32 Å². The van der Waals surface area contributed by atoms with E-state index in [1.807, 2.05) is 0 Å². The van der Waals surface area contributed by atoms with Crippen LogP contribution < -0.4 is 5.32 Å². The van der Waals surface area contributed by atoms with Crippen LogP contribution in [0.1, 0.15) is 335 Å². The minimum absolute atomic E-state index is 0.233. The second kappa shape index (κ2) is 56.5. The molecule has 3 fully saturated rings. The Morgan fingerprint density at radius 2 is 0.613 bits per heavy atom. The Labute approximate surface area is 563 Å². The lowest BCUT2D eigenvalue weighted by atomic mass is 9.96. The van der Waals surface area contributed by atoms with Gasteiger partial charge in [0.25, 0.3) is 0 Å². The summed E-state index contributed by atoms with van der Waals surface area (Å²) in [6.07, 6.45) is 36.2. The number of carbonyl (C=O) groups is 1. The molecule has 17 atom stereocenters. The molecule has 12 N–H and O–H groups in total. The van der Waals surface area contributed by atoms with E-state index >= 15 is 0 Å². The molecule has 0 aromatic carbocycles. The van der Waals surface area contributed by atoms with Gasteiger partial charge in [0.15, 0.2) is 18.9 Å². The van der Waals surface area contributed by atoms with E-state index in [-0.39, 0.29) is 18.9 Å². The molecule has 3 heterocycles. The lowest BCUT2D eigenvalue weighted by Gasteiger charge is -2.48. The third-order valence-corrected chi connectivity index (χ3v) is 19.9. The Kier molecular flexibility index (Phi) is 52.3. The fourth-order valence-electron chi connectivity index (χ4n) is 13.7. The minimum Gasteiger partial charge on any atom is -0.394 e. The van der Waals surface area contributed by atoms with Crippen molar-refractivity contribution < 1.29 is 89.4 Å². The van der Waals surface area contributed by atoms with Gasteiger partial charge in [0.1, 0.15) is 73.2 Å². The minimum atomic E-state index is -1.97. The third kappa shape index (κ3) is 37.7. The number of hydrogen-bond acceptors (Lipinski definition) is 18. The van der Waals surface area contributed by atoms with Crippen LogP contribution in [0.4, 0.5) is 0 Å². The van der Waals surface area contributed by atoms with Gasteiger partial charge in [-0.3, -0.25) is 4.79 Å². The Balaban J connectivity index is 1.37. The summed E-state index contributed by atoms with van der Waals surface area (Å²) >= 11 is 0. The normalized spacial score (nSPS) is 27.4. The molecule has 3 aliphatic heterocycles. The first-order valence-electron chi connectivity index (χ1n) is 38.8. The Hall–Kier alpha value is -1.21. The van der Waals surface area contributed by atoms with E-state index in [1.165, 1.54) is 257 Å². The van der Waals surface area contributed by atoms with E-state index in [0.717, 1.165) is 44.9 Å². The predicted molar refractivity (Wildman–Crippen MR) is 365 cm³/mol. The number of hydrogen-bond donors (Lipinski definition) is 12. The van der Waals surface area contributed by atoms with Crippen LogP contribution in [0.15, 0.2) is 0 Å². The molecule has 0 aliphatic carbocycles. The van der Waals surface area contributed by atoms with Gasteiger partial charge in [-0.25, -0.2) is 0 Å². The van der Waals surface area contributed by atoms with E-state index in [0.29, 0.717) is 12.8 Å². The summed E-state index contributed by atoms with van der Waals surface area (Å²) < 4.78 is 34.5. The number of aliphatic hydroxyl groups excluding tert-OH is 11. The summed E-state index contributed by atoms with van der Waals surface area (Å²) in [4.78, 5) is 13.5. The highest BCUT2D eigenvalue weighted by atomic mass is 16.8. The van der Waals surface area contributed by atoms with Crippen molar-refractivity contribution in [2.24, 2.45) is 0 Å². The second-order valence-electron chi connectivity index (χ2n) is 28.2. The topological polar surface area (TPSA) is 307 Å². The largest absolute Gasteiger partial charge is 0.394 e. The van der Waals surface area contributed by atoms with E-state index in [2.05, 4.69) is 19.2 Å². The maximum atomic E-state index is 13.5. The highest BCUT2D eigenvalue weighted by molar-refractivity contribution is 5.76. The van der Waals surface area contributed by atoms with Crippen molar-refractivity contribution >= 4 is 5.91 Å². The molecule has 19 nitrogen and oxygen atoms in total. The van der Waals surface area contributed by atoms with Crippen LogP contribution in [0.3, 0.4) is 0 Å². The van der Waals surface area contributed by atoms with Gasteiger partial charge >= 0.3 is 0 Å². The fraction of sp³-hybridized carbons (Fsp3) is 0.986. The first-order valence-corrected chi connectivity index (χ1v) is 38.8. The summed E-state index contributed by atoms with van der Waals surface area (Å²) in [5.74, 6) is -0.233. The molecule has 17 unspecified atom stereocenters. The summed E-state index contributed by atoms with van der Waals surface area (Å²) in [6, 6.07) is -0.882. The maximum absolute atomic E-state index is 13.5. The van der Waals surface area contributed by atoms with E-state index in [9.17, 15) is 61.0 Å².